The molecule has 0 aliphatic rings. The molecule has 2 aromatic carbocycles. The van der Waals surface area contributed by atoms with E-state index in [-0.39, 0.29) is 5.92 Å². The van der Waals surface area contributed by atoms with Gasteiger partial charge in [0.2, 0.25) is 0 Å². The van der Waals surface area contributed by atoms with Crippen molar-refractivity contribution < 1.29 is 0 Å². The van der Waals surface area contributed by atoms with E-state index in [0.29, 0.717) is 0 Å². The lowest BCUT2D eigenvalue weighted by Gasteiger charge is -2.13. The zero-order valence-corrected chi connectivity index (χ0v) is 9.90. The molecule has 0 spiro atoms. The second-order valence-electron chi connectivity index (χ2n) is 4.16. The molecule has 1 atom stereocenters. The van der Waals surface area contributed by atoms with E-state index < -0.39 is 0 Å². The van der Waals surface area contributed by atoms with Crippen molar-refractivity contribution in [2.75, 3.05) is 0 Å². The van der Waals surface area contributed by atoms with E-state index in [9.17, 15) is 0 Å². The number of hydrogen-bond donors (Lipinski definition) is 0. The van der Waals surface area contributed by atoms with Gasteiger partial charge in [-0.15, -0.1) is 0 Å². The largest absolute Gasteiger partial charge is 0.0619 e. The van der Waals surface area contributed by atoms with Crippen LogP contribution >= 0.6 is 0 Å². The predicted octanol–water partition coefficient (Wildman–Crippen LogP) is 4.23. The smallest absolute Gasteiger partial charge is 0.0334 e. The first-order valence-corrected chi connectivity index (χ1v) is 5.68. The molecule has 0 saturated carbocycles. The third-order valence-electron chi connectivity index (χ3n) is 2.84. The van der Waals surface area contributed by atoms with E-state index in [0.717, 1.165) is 16.7 Å². The predicted molar refractivity (Wildman–Crippen MR) is 71.9 cm³/mol. The van der Waals surface area contributed by atoms with Gasteiger partial charge in [0.15, 0.2) is 0 Å². The molecule has 2 aromatic rings. The van der Waals surface area contributed by atoms with Crippen LogP contribution in [0.3, 0.4) is 0 Å². The van der Waals surface area contributed by atoms with Crippen molar-refractivity contribution >= 4 is 0 Å². The second-order valence-corrected chi connectivity index (χ2v) is 4.16. The number of benzene rings is 2. The Balaban J connectivity index is 2.65. The van der Waals surface area contributed by atoms with Gasteiger partial charge in [0.1, 0.15) is 0 Å². The summed E-state index contributed by atoms with van der Waals surface area (Å²) in [6.07, 6.45) is 7.35. The minimum Gasteiger partial charge on any atom is -0.0619 e. The average Bonchev–Trinajstić information content (AvgIpc) is 2.38. The van der Waals surface area contributed by atoms with Crippen molar-refractivity contribution in [1.29, 1.82) is 0 Å². The molecule has 1 unspecified atom stereocenters. The molecule has 17 heavy (non-hydrogen) atoms. The highest BCUT2D eigenvalue weighted by atomic mass is 14.1. The van der Waals surface area contributed by atoms with Crippen molar-refractivity contribution in [3.05, 3.63) is 73.0 Å². The zero-order valence-electron chi connectivity index (χ0n) is 9.90. The van der Waals surface area contributed by atoms with E-state index in [1.165, 1.54) is 5.56 Å². The molecule has 0 bridgehead atoms. The van der Waals surface area contributed by atoms with Crippen molar-refractivity contribution in [2.45, 2.75) is 12.8 Å². The Kier molecular flexibility index (Phi) is 3.30. The van der Waals surface area contributed by atoms with Gasteiger partial charge in [0, 0.05) is 5.56 Å². The highest BCUT2D eigenvalue weighted by Crippen LogP contribution is 2.30. The van der Waals surface area contributed by atoms with E-state index in [4.69, 9.17) is 6.42 Å². The van der Waals surface area contributed by atoms with Crippen LogP contribution in [0.5, 0.6) is 0 Å². The molecule has 0 aliphatic heterocycles. The second kappa shape index (κ2) is 4.89. The molecular formula is C17H14. The summed E-state index contributed by atoms with van der Waals surface area (Å²) in [5.41, 5.74) is 4.22. The van der Waals surface area contributed by atoms with Crippen LogP contribution in [0.1, 0.15) is 24.0 Å². The summed E-state index contributed by atoms with van der Waals surface area (Å²) in [6.45, 7) is 6.16. The molecule has 0 fully saturated rings. The normalized spacial score (nSPS) is 10.2. The maximum Gasteiger partial charge on any atom is 0.0334 e. The molecule has 2 rings (SSSR count). The lowest BCUT2D eigenvalue weighted by molar-refractivity contribution is 0.967. The van der Waals surface area contributed by atoms with Gasteiger partial charge >= 0.3 is 0 Å². The lowest BCUT2D eigenvalue weighted by atomic mass is 9.90. The van der Waals surface area contributed by atoms with Crippen LogP contribution in [0, 0.1) is 19.3 Å². The van der Waals surface area contributed by atoms with Crippen LogP contribution in [0.4, 0.5) is 0 Å². The van der Waals surface area contributed by atoms with Gasteiger partial charge in [-0.05, 0) is 42.0 Å². The van der Waals surface area contributed by atoms with Gasteiger partial charge in [-0.1, -0.05) is 55.3 Å². The first kappa shape index (κ1) is 11.5. The molecule has 82 valence electrons. The van der Waals surface area contributed by atoms with Crippen LogP contribution in [-0.4, -0.2) is 0 Å². The SMILES string of the molecule is [C]#Cc1ccccc1-c1ccccc1C([CH2])C. The monoisotopic (exact) mass is 218 g/mol. The molecule has 2 radical (unpaired) electrons. The van der Waals surface area contributed by atoms with Crippen molar-refractivity contribution in [1.82, 2.24) is 0 Å². The first-order valence-electron chi connectivity index (χ1n) is 5.68. The standard InChI is InChI=1S/C17H14/c1-4-14-9-5-6-11-16(14)17-12-8-7-10-15(17)13(2)3/h5-13H,2H2,3H3. The Hall–Kier alpha value is -2.00. The van der Waals surface area contributed by atoms with E-state index in [2.05, 4.69) is 31.9 Å². The van der Waals surface area contributed by atoms with Crippen LogP contribution < -0.4 is 0 Å². The Bertz CT molecular complexity index is 556. The fourth-order valence-corrected chi connectivity index (χ4v) is 2.00. The molecule has 0 amide bonds. The third-order valence-corrected chi connectivity index (χ3v) is 2.84. The summed E-state index contributed by atoms with van der Waals surface area (Å²) >= 11 is 0. The minimum absolute atomic E-state index is 0.227. The summed E-state index contributed by atoms with van der Waals surface area (Å²) in [5, 5.41) is 0. The Morgan fingerprint density at radius 3 is 2.24 bits per heavy atom. The van der Waals surface area contributed by atoms with Crippen molar-refractivity contribution in [2.24, 2.45) is 0 Å². The Morgan fingerprint density at radius 2 is 1.59 bits per heavy atom. The Morgan fingerprint density at radius 1 is 1.00 bits per heavy atom. The van der Waals surface area contributed by atoms with E-state index in [1.807, 2.05) is 36.4 Å². The third kappa shape index (κ3) is 2.24. The summed E-state index contributed by atoms with van der Waals surface area (Å²) in [4.78, 5) is 0. The number of hydrogen-bond acceptors (Lipinski definition) is 0. The molecule has 0 nitrogen and oxygen atoms in total. The van der Waals surface area contributed by atoms with Crippen LogP contribution in [0.2, 0.25) is 0 Å². The first-order chi connectivity index (χ1) is 8.24. The van der Waals surface area contributed by atoms with E-state index in [1.54, 1.807) is 0 Å². The summed E-state index contributed by atoms with van der Waals surface area (Å²) < 4.78 is 0. The van der Waals surface area contributed by atoms with Gasteiger partial charge in [0.05, 0.1) is 0 Å². The van der Waals surface area contributed by atoms with Gasteiger partial charge in [-0.2, -0.15) is 0 Å². The highest BCUT2D eigenvalue weighted by Gasteiger charge is 2.09. The van der Waals surface area contributed by atoms with Gasteiger partial charge in [-0.3, -0.25) is 0 Å². The molecule has 0 aromatic heterocycles. The van der Waals surface area contributed by atoms with Gasteiger partial charge in [-0.25, -0.2) is 0 Å². The van der Waals surface area contributed by atoms with Crippen molar-refractivity contribution in [3.8, 4) is 17.0 Å². The lowest BCUT2D eigenvalue weighted by Crippen LogP contribution is -1.93. The van der Waals surface area contributed by atoms with Crippen LogP contribution in [0.25, 0.3) is 11.1 Å². The summed E-state index contributed by atoms with van der Waals surface area (Å²) in [5.74, 6) is 2.72. The zero-order chi connectivity index (χ0) is 12.3. The molecule has 0 saturated heterocycles. The summed E-state index contributed by atoms with van der Waals surface area (Å²) in [7, 11) is 0. The average molecular weight is 218 g/mol. The maximum absolute atomic E-state index is 7.35. The fraction of sp³-hybridized carbons (Fsp3) is 0.118. The topological polar surface area (TPSA) is 0 Å². The molecular weight excluding hydrogens is 204 g/mol. The van der Waals surface area contributed by atoms with Crippen LogP contribution in [-0.2, 0) is 0 Å². The quantitative estimate of drug-likeness (QED) is 0.662. The van der Waals surface area contributed by atoms with Gasteiger partial charge < -0.3 is 0 Å². The maximum atomic E-state index is 7.35. The molecule has 0 heteroatoms. The Labute approximate surface area is 103 Å². The summed E-state index contributed by atoms with van der Waals surface area (Å²) in [6, 6.07) is 16.1. The van der Waals surface area contributed by atoms with E-state index >= 15 is 0 Å². The fourth-order valence-electron chi connectivity index (χ4n) is 2.00. The van der Waals surface area contributed by atoms with Gasteiger partial charge in [0.25, 0.3) is 0 Å². The molecule has 0 N–H and O–H groups in total. The minimum atomic E-state index is 0.227. The molecule has 0 aliphatic carbocycles. The van der Waals surface area contributed by atoms with Crippen molar-refractivity contribution in [3.63, 3.8) is 0 Å². The highest BCUT2D eigenvalue weighted by molar-refractivity contribution is 5.74. The number of rotatable bonds is 2. The molecule has 0 heterocycles. The van der Waals surface area contributed by atoms with Crippen LogP contribution in [0.15, 0.2) is 48.5 Å².